The van der Waals surface area contributed by atoms with Crippen LogP contribution in [-0.4, -0.2) is 25.1 Å². The molecule has 0 aliphatic rings. The molecule has 0 bridgehead atoms. The molecule has 1 nitrogen and oxygen atoms in total. The summed E-state index contributed by atoms with van der Waals surface area (Å²) >= 11 is 7.74. The Bertz CT molecular complexity index is 273. The van der Waals surface area contributed by atoms with Crippen molar-refractivity contribution in [3.63, 3.8) is 0 Å². The zero-order valence-electron chi connectivity index (χ0n) is 9.29. The van der Waals surface area contributed by atoms with E-state index in [1.807, 2.05) is 30.9 Å². The molecular weight excluding hydrogens is 226 g/mol. The minimum Gasteiger partial charge on any atom is -0.317 e. The van der Waals surface area contributed by atoms with Gasteiger partial charge in [-0.2, -0.15) is 11.8 Å². The molecule has 0 radical (unpaired) electrons. The fraction of sp³-hybridized carbons (Fsp3) is 0.500. The van der Waals surface area contributed by atoms with Crippen molar-refractivity contribution >= 4 is 23.4 Å². The Kier molecular flexibility index (Phi) is 6.15. The standard InChI is InChI=1S/C12H18ClNS/c1-14-12(7-8-15-2)9-10-3-5-11(13)6-4-10/h3-6,12,14H,7-9H2,1-2H3. The van der Waals surface area contributed by atoms with E-state index in [9.17, 15) is 0 Å². The minimum absolute atomic E-state index is 0.568. The first-order valence-electron chi connectivity index (χ1n) is 5.17. The van der Waals surface area contributed by atoms with Gasteiger partial charge >= 0.3 is 0 Å². The number of benzene rings is 1. The van der Waals surface area contributed by atoms with Crippen LogP contribution in [0.4, 0.5) is 0 Å². The molecule has 0 aromatic heterocycles. The van der Waals surface area contributed by atoms with E-state index in [1.165, 1.54) is 17.7 Å². The van der Waals surface area contributed by atoms with Gasteiger partial charge in [0.15, 0.2) is 0 Å². The molecule has 0 aliphatic carbocycles. The second-order valence-corrected chi connectivity index (χ2v) is 5.02. The van der Waals surface area contributed by atoms with Crippen molar-refractivity contribution in [1.29, 1.82) is 0 Å². The lowest BCUT2D eigenvalue weighted by Crippen LogP contribution is -2.28. The van der Waals surface area contributed by atoms with E-state index in [0.717, 1.165) is 11.4 Å². The molecule has 1 atom stereocenters. The molecule has 3 heteroatoms. The van der Waals surface area contributed by atoms with Gasteiger partial charge in [0.05, 0.1) is 0 Å². The van der Waals surface area contributed by atoms with E-state index in [2.05, 4.69) is 23.7 Å². The Balaban J connectivity index is 2.47. The number of rotatable bonds is 6. The molecule has 0 heterocycles. The van der Waals surface area contributed by atoms with Crippen molar-refractivity contribution in [1.82, 2.24) is 5.32 Å². The second kappa shape index (κ2) is 7.15. The summed E-state index contributed by atoms with van der Waals surface area (Å²) in [6.07, 6.45) is 4.43. The van der Waals surface area contributed by atoms with Crippen LogP contribution in [0.1, 0.15) is 12.0 Å². The number of hydrogen-bond donors (Lipinski definition) is 1. The Morgan fingerprint density at radius 1 is 1.33 bits per heavy atom. The highest BCUT2D eigenvalue weighted by molar-refractivity contribution is 7.98. The van der Waals surface area contributed by atoms with E-state index in [1.54, 1.807) is 0 Å². The molecule has 0 spiro atoms. The minimum atomic E-state index is 0.568. The van der Waals surface area contributed by atoms with Gasteiger partial charge in [0.2, 0.25) is 0 Å². The Morgan fingerprint density at radius 3 is 2.53 bits per heavy atom. The number of likely N-dealkylation sites (N-methyl/N-ethyl adjacent to an activating group) is 1. The van der Waals surface area contributed by atoms with E-state index >= 15 is 0 Å². The molecule has 0 amide bonds. The summed E-state index contributed by atoms with van der Waals surface area (Å²) in [7, 11) is 2.03. The molecule has 1 N–H and O–H groups in total. The molecule has 0 aliphatic heterocycles. The summed E-state index contributed by atoms with van der Waals surface area (Å²) in [4.78, 5) is 0. The summed E-state index contributed by atoms with van der Waals surface area (Å²) in [6, 6.07) is 8.69. The maximum atomic E-state index is 5.85. The fourth-order valence-electron chi connectivity index (χ4n) is 1.51. The lowest BCUT2D eigenvalue weighted by Gasteiger charge is -2.15. The molecule has 0 saturated heterocycles. The lowest BCUT2D eigenvalue weighted by atomic mass is 10.0. The third-order valence-corrected chi connectivity index (χ3v) is 3.37. The average molecular weight is 244 g/mol. The largest absolute Gasteiger partial charge is 0.317 e. The Morgan fingerprint density at radius 2 is 2.00 bits per heavy atom. The van der Waals surface area contributed by atoms with Crippen LogP contribution in [0.15, 0.2) is 24.3 Å². The van der Waals surface area contributed by atoms with E-state index < -0.39 is 0 Å². The zero-order valence-corrected chi connectivity index (χ0v) is 10.9. The van der Waals surface area contributed by atoms with E-state index in [-0.39, 0.29) is 0 Å². The molecule has 1 aromatic carbocycles. The van der Waals surface area contributed by atoms with Crippen LogP contribution in [0.5, 0.6) is 0 Å². The smallest absolute Gasteiger partial charge is 0.0406 e. The normalized spacial score (nSPS) is 12.7. The molecule has 1 aromatic rings. The quantitative estimate of drug-likeness (QED) is 0.824. The fourth-order valence-corrected chi connectivity index (χ4v) is 2.16. The van der Waals surface area contributed by atoms with Crippen molar-refractivity contribution in [2.75, 3.05) is 19.1 Å². The van der Waals surface area contributed by atoms with Gasteiger partial charge in [0.1, 0.15) is 0 Å². The molecule has 1 rings (SSSR count). The predicted molar refractivity (Wildman–Crippen MR) is 71.0 cm³/mol. The maximum absolute atomic E-state index is 5.85. The summed E-state index contributed by atoms with van der Waals surface area (Å²) in [5.41, 5.74) is 1.35. The van der Waals surface area contributed by atoms with Gasteiger partial charge in [-0.1, -0.05) is 23.7 Å². The van der Waals surface area contributed by atoms with Gasteiger partial charge in [-0.15, -0.1) is 0 Å². The summed E-state index contributed by atoms with van der Waals surface area (Å²) in [5, 5.41) is 4.16. The van der Waals surface area contributed by atoms with Crippen LogP contribution in [0.2, 0.25) is 5.02 Å². The first-order chi connectivity index (χ1) is 7.26. The second-order valence-electron chi connectivity index (χ2n) is 3.60. The molecule has 15 heavy (non-hydrogen) atoms. The molecule has 1 unspecified atom stereocenters. The highest BCUT2D eigenvalue weighted by atomic mass is 35.5. The van der Waals surface area contributed by atoms with E-state index in [0.29, 0.717) is 6.04 Å². The first-order valence-corrected chi connectivity index (χ1v) is 6.94. The van der Waals surface area contributed by atoms with Crippen molar-refractivity contribution < 1.29 is 0 Å². The number of thioether (sulfide) groups is 1. The van der Waals surface area contributed by atoms with Crippen molar-refractivity contribution in [2.45, 2.75) is 18.9 Å². The van der Waals surface area contributed by atoms with Crippen LogP contribution in [-0.2, 0) is 6.42 Å². The van der Waals surface area contributed by atoms with Crippen LogP contribution in [0.3, 0.4) is 0 Å². The molecule has 0 fully saturated rings. The molecular formula is C12H18ClNS. The monoisotopic (exact) mass is 243 g/mol. The third kappa shape index (κ3) is 4.92. The van der Waals surface area contributed by atoms with Gasteiger partial charge in [-0.25, -0.2) is 0 Å². The average Bonchev–Trinajstić information content (AvgIpc) is 2.27. The SMILES string of the molecule is CNC(CCSC)Cc1ccc(Cl)cc1. The van der Waals surface area contributed by atoms with E-state index in [4.69, 9.17) is 11.6 Å². The van der Waals surface area contributed by atoms with Crippen molar-refractivity contribution in [3.8, 4) is 0 Å². The molecule has 84 valence electrons. The number of hydrogen-bond acceptors (Lipinski definition) is 2. The molecule has 0 saturated carbocycles. The van der Waals surface area contributed by atoms with Crippen molar-refractivity contribution in [3.05, 3.63) is 34.9 Å². The first kappa shape index (κ1) is 12.9. The predicted octanol–water partition coefficient (Wildman–Crippen LogP) is 3.22. The summed E-state index contributed by atoms with van der Waals surface area (Å²) in [5.74, 6) is 1.21. The van der Waals surface area contributed by atoms with Crippen molar-refractivity contribution in [2.24, 2.45) is 0 Å². The van der Waals surface area contributed by atoms with Gasteiger partial charge in [-0.05, 0) is 49.6 Å². The topological polar surface area (TPSA) is 12.0 Å². The summed E-state index contributed by atoms with van der Waals surface area (Å²) in [6.45, 7) is 0. The van der Waals surface area contributed by atoms with Crippen LogP contribution >= 0.6 is 23.4 Å². The van der Waals surface area contributed by atoms with Gasteiger partial charge in [0, 0.05) is 11.1 Å². The summed E-state index contributed by atoms with van der Waals surface area (Å²) < 4.78 is 0. The van der Waals surface area contributed by atoms with Gasteiger partial charge < -0.3 is 5.32 Å². The lowest BCUT2D eigenvalue weighted by molar-refractivity contribution is 0.547. The Hall–Kier alpha value is -0.180. The maximum Gasteiger partial charge on any atom is 0.0406 e. The Labute approximate surface area is 102 Å². The van der Waals surface area contributed by atoms with Crippen LogP contribution in [0, 0.1) is 0 Å². The van der Waals surface area contributed by atoms with Gasteiger partial charge in [-0.3, -0.25) is 0 Å². The van der Waals surface area contributed by atoms with Crippen LogP contribution < -0.4 is 5.32 Å². The highest BCUT2D eigenvalue weighted by Crippen LogP contribution is 2.12. The number of halogens is 1. The highest BCUT2D eigenvalue weighted by Gasteiger charge is 2.06. The zero-order chi connectivity index (χ0) is 11.1. The number of nitrogens with one attached hydrogen (secondary N) is 1. The van der Waals surface area contributed by atoms with Gasteiger partial charge in [0.25, 0.3) is 0 Å². The third-order valence-electron chi connectivity index (χ3n) is 2.47. The van der Waals surface area contributed by atoms with Crippen LogP contribution in [0.25, 0.3) is 0 Å².